The van der Waals surface area contributed by atoms with Gasteiger partial charge in [0.25, 0.3) is 18.4 Å². The van der Waals surface area contributed by atoms with Crippen molar-refractivity contribution in [3.63, 3.8) is 0 Å². The molecule has 2 aromatic rings. The molecule has 0 saturated carbocycles. The van der Waals surface area contributed by atoms with E-state index in [2.05, 4.69) is 33.9 Å². The van der Waals surface area contributed by atoms with Crippen LogP contribution in [0.25, 0.3) is 11.1 Å². The first-order valence-corrected chi connectivity index (χ1v) is 12.3. The number of hydrogen-bond acceptors (Lipinski definition) is 4. The van der Waals surface area contributed by atoms with Gasteiger partial charge in [-0.3, -0.25) is 4.55 Å². The van der Waals surface area contributed by atoms with Crippen LogP contribution in [0.5, 0.6) is 5.75 Å². The molecule has 5 nitrogen and oxygen atoms in total. The van der Waals surface area contributed by atoms with Crippen LogP contribution < -0.4 is 10.2 Å². The highest BCUT2D eigenvalue weighted by Gasteiger charge is 2.39. The van der Waals surface area contributed by atoms with Gasteiger partial charge in [-0.2, -0.15) is 8.42 Å². The lowest BCUT2D eigenvalue weighted by molar-refractivity contribution is 0.483. The van der Waals surface area contributed by atoms with Crippen molar-refractivity contribution in [3.05, 3.63) is 42.5 Å². The second-order valence-electron chi connectivity index (χ2n) is 7.58. The van der Waals surface area contributed by atoms with E-state index in [0.717, 1.165) is 11.3 Å². The van der Waals surface area contributed by atoms with Gasteiger partial charge in [-0.1, -0.05) is 45.0 Å². The van der Waals surface area contributed by atoms with Crippen LogP contribution in [-0.4, -0.2) is 21.3 Å². The van der Waals surface area contributed by atoms with Gasteiger partial charge in [-0.25, -0.2) is 0 Å². The fourth-order valence-electron chi connectivity index (χ4n) is 2.15. The third kappa shape index (κ3) is 4.23. The van der Waals surface area contributed by atoms with Crippen LogP contribution in [0.15, 0.2) is 47.4 Å². The molecular weight excluding hydrogens is 354 g/mol. The minimum absolute atomic E-state index is 0.0421. The normalized spacial score (nSPS) is 12.9. The van der Waals surface area contributed by atoms with Crippen molar-refractivity contribution < 1.29 is 17.4 Å². The zero-order valence-corrected chi connectivity index (χ0v) is 17.0. The highest BCUT2D eigenvalue weighted by Crippen LogP contribution is 2.41. The average molecular weight is 380 g/mol. The Morgan fingerprint density at radius 1 is 1.04 bits per heavy atom. The van der Waals surface area contributed by atoms with E-state index in [0.29, 0.717) is 5.56 Å². The molecule has 0 radical (unpaired) electrons. The summed E-state index contributed by atoms with van der Waals surface area (Å²) in [5, 5.41) is 0.0421. The second kappa shape index (κ2) is 6.47. The Labute approximate surface area is 150 Å². The van der Waals surface area contributed by atoms with E-state index < -0.39 is 18.4 Å². The molecule has 0 fully saturated rings. The van der Waals surface area contributed by atoms with Gasteiger partial charge in [-0.15, -0.1) is 0 Å². The van der Waals surface area contributed by atoms with Crippen molar-refractivity contribution in [2.24, 2.45) is 0 Å². The lowest BCUT2D eigenvalue weighted by Crippen LogP contribution is -2.44. The summed E-state index contributed by atoms with van der Waals surface area (Å²) in [5.41, 5.74) is 7.78. The third-order valence-corrected chi connectivity index (χ3v) is 9.86. The first-order chi connectivity index (χ1) is 11.3. The topological polar surface area (TPSA) is 89.6 Å². The number of rotatable bonds is 4. The van der Waals surface area contributed by atoms with Crippen molar-refractivity contribution in [1.29, 1.82) is 0 Å². The van der Waals surface area contributed by atoms with Gasteiger partial charge in [0.2, 0.25) is 0 Å². The molecule has 0 aromatic heterocycles. The summed E-state index contributed by atoms with van der Waals surface area (Å²) in [6.45, 7) is 10.8. The molecule has 25 heavy (non-hydrogen) atoms. The summed E-state index contributed by atoms with van der Waals surface area (Å²) in [7, 11) is -6.33. The van der Waals surface area contributed by atoms with Crippen molar-refractivity contribution in [3.8, 4) is 16.9 Å². The third-order valence-electron chi connectivity index (χ3n) is 4.67. The van der Waals surface area contributed by atoms with Crippen molar-refractivity contribution in [1.82, 2.24) is 0 Å². The summed E-state index contributed by atoms with van der Waals surface area (Å²) in [5.74, 6) is 0.723. The Morgan fingerprint density at radius 3 is 2.16 bits per heavy atom. The van der Waals surface area contributed by atoms with E-state index in [1.807, 2.05) is 24.3 Å². The molecule has 2 aromatic carbocycles. The number of nitrogen functional groups attached to an aromatic ring is 1. The van der Waals surface area contributed by atoms with Crippen molar-refractivity contribution in [2.75, 3.05) is 5.73 Å². The van der Waals surface area contributed by atoms with Gasteiger partial charge in [0.05, 0.1) is 4.90 Å². The van der Waals surface area contributed by atoms with Crippen molar-refractivity contribution >= 4 is 24.1 Å². The summed E-state index contributed by atoms with van der Waals surface area (Å²) >= 11 is 0. The fraction of sp³-hybridized carbons (Fsp3) is 0.333. The monoisotopic (exact) mass is 379 g/mol. The van der Waals surface area contributed by atoms with Crippen LogP contribution in [0.2, 0.25) is 18.1 Å². The van der Waals surface area contributed by atoms with Crippen LogP contribution in [-0.2, 0) is 10.1 Å². The smallest absolute Gasteiger partial charge is 0.294 e. The zero-order chi connectivity index (χ0) is 19.0. The SMILES string of the molecule is CC(C)(C)[Si](C)(C)Oc1ccccc1-c1ccc(S(=O)(=O)O)cc1N. The van der Waals surface area contributed by atoms with E-state index >= 15 is 0 Å². The molecule has 0 bridgehead atoms. The fourth-order valence-corrected chi connectivity index (χ4v) is 3.70. The van der Waals surface area contributed by atoms with Crippen LogP contribution in [0.4, 0.5) is 5.69 Å². The van der Waals surface area contributed by atoms with E-state index in [4.69, 9.17) is 14.7 Å². The quantitative estimate of drug-likeness (QED) is 0.461. The molecule has 0 aliphatic rings. The van der Waals surface area contributed by atoms with Crippen LogP contribution >= 0.6 is 0 Å². The van der Waals surface area contributed by atoms with Crippen LogP contribution in [0.3, 0.4) is 0 Å². The molecule has 0 atom stereocenters. The maximum atomic E-state index is 11.3. The number of benzene rings is 2. The Kier molecular flexibility index (Phi) is 5.05. The van der Waals surface area contributed by atoms with Gasteiger partial charge in [0, 0.05) is 16.8 Å². The molecule has 7 heteroatoms. The molecule has 0 heterocycles. The minimum atomic E-state index is -4.29. The Bertz CT molecular complexity index is 886. The van der Waals surface area contributed by atoms with E-state index in [9.17, 15) is 8.42 Å². The van der Waals surface area contributed by atoms with Crippen molar-refractivity contribution in [2.45, 2.75) is 43.8 Å². The molecule has 0 spiro atoms. The van der Waals surface area contributed by atoms with Gasteiger partial charge >= 0.3 is 0 Å². The van der Waals surface area contributed by atoms with Gasteiger partial charge < -0.3 is 10.2 Å². The van der Waals surface area contributed by atoms with Gasteiger partial charge in [0.1, 0.15) is 5.75 Å². The Balaban J connectivity index is 2.52. The highest BCUT2D eigenvalue weighted by atomic mass is 32.2. The lowest BCUT2D eigenvalue weighted by Gasteiger charge is -2.37. The minimum Gasteiger partial charge on any atom is -0.543 e. The van der Waals surface area contributed by atoms with E-state index in [1.165, 1.54) is 12.1 Å². The maximum absolute atomic E-state index is 11.3. The Morgan fingerprint density at radius 2 is 1.64 bits per heavy atom. The predicted molar refractivity (Wildman–Crippen MR) is 104 cm³/mol. The number of para-hydroxylation sites is 1. The second-order valence-corrected chi connectivity index (χ2v) is 13.7. The molecule has 0 aliphatic carbocycles. The molecular formula is C18H25NO4SSi. The van der Waals surface area contributed by atoms with Gasteiger partial charge in [-0.05, 0) is 36.3 Å². The first-order valence-electron chi connectivity index (χ1n) is 7.98. The number of anilines is 1. The molecule has 0 saturated heterocycles. The van der Waals surface area contributed by atoms with Gasteiger partial charge in [0.15, 0.2) is 0 Å². The van der Waals surface area contributed by atoms with Crippen LogP contribution in [0.1, 0.15) is 20.8 Å². The summed E-state index contributed by atoms with van der Waals surface area (Å²) in [4.78, 5) is -0.225. The molecule has 136 valence electrons. The van der Waals surface area contributed by atoms with Crippen LogP contribution in [0, 0.1) is 0 Å². The summed E-state index contributed by atoms with van der Waals surface area (Å²) < 4.78 is 38.1. The summed E-state index contributed by atoms with van der Waals surface area (Å²) in [6.07, 6.45) is 0. The standard InChI is InChI=1S/C18H25NO4SSi/c1-18(2,3)25(4,5)23-17-9-7-6-8-15(17)14-11-10-13(12-16(14)19)24(20,21)22/h6-12H,19H2,1-5H3,(H,20,21,22). The summed E-state index contributed by atoms with van der Waals surface area (Å²) in [6, 6.07) is 11.7. The molecule has 0 aliphatic heterocycles. The Hall–Kier alpha value is -1.83. The van der Waals surface area contributed by atoms with E-state index in [1.54, 1.807) is 6.07 Å². The lowest BCUT2D eigenvalue weighted by atomic mass is 10.0. The zero-order valence-electron chi connectivity index (χ0n) is 15.2. The number of hydrogen-bond donors (Lipinski definition) is 2. The number of nitrogens with two attached hydrogens (primary N) is 1. The molecule has 2 rings (SSSR count). The highest BCUT2D eigenvalue weighted by molar-refractivity contribution is 7.85. The molecule has 3 N–H and O–H groups in total. The average Bonchev–Trinajstić information content (AvgIpc) is 2.45. The predicted octanol–water partition coefficient (Wildman–Crippen LogP) is 4.57. The van der Waals surface area contributed by atoms with E-state index in [-0.39, 0.29) is 15.6 Å². The first kappa shape index (κ1) is 19.5. The largest absolute Gasteiger partial charge is 0.543 e. The molecule has 0 unspecified atom stereocenters. The maximum Gasteiger partial charge on any atom is 0.294 e. The molecule has 0 amide bonds.